The summed E-state index contributed by atoms with van der Waals surface area (Å²) in [4.78, 5) is 0. The third-order valence-electron chi connectivity index (χ3n) is 2.22. The highest BCUT2D eigenvalue weighted by Gasteiger charge is 2.05. The van der Waals surface area contributed by atoms with E-state index in [0.717, 1.165) is 15.8 Å². The molecule has 0 amide bonds. The second-order valence-electron chi connectivity index (χ2n) is 3.46. The van der Waals surface area contributed by atoms with Gasteiger partial charge in [-0.1, -0.05) is 34.1 Å². The highest BCUT2D eigenvalue weighted by molar-refractivity contribution is 9.10. The van der Waals surface area contributed by atoms with E-state index in [1.54, 1.807) is 6.07 Å². The zero-order valence-corrected chi connectivity index (χ0v) is 12.0. The number of hydrogen-bond donors (Lipinski definition) is 0. The Morgan fingerprint density at radius 3 is 2.59 bits per heavy atom. The first kappa shape index (κ1) is 12.6. The van der Waals surface area contributed by atoms with Gasteiger partial charge in [-0.3, -0.25) is 0 Å². The third-order valence-corrected chi connectivity index (χ3v) is 3.60. The monoisotopic (exact) mass is 358 g/mol. The van der Waals surface area contributed by atoms with Crippen LogP contribution in [0.2, 0.25) is 0 Å². The zero-order chi connectivity index (χ0) is 12.3. The van der Waals surface area contributed by atoms with Crippen LogP contribution in [0, 0.1) is 5.82 Å². The van der Waals surface area contributed by atoms with Gasteiger partial charge in [0.15, 0.2) is 0 Å². The molecule has 0 unspecified atom stereocenters. The van der Waals surface area contributed by atoms with Crippen molar-refractivity contribution in [2.75, 3.05) is 0 Å². The van der Waals surface area contributed by atoms with Gasteiger partial charge in [-0.25, -0.2) is 4.39 Å². The van der Waals surface area contributed by atoms with Crippen LogP contribution in [-0.2, 0) is 6.61 Å². The van der Waals surface area contributed by atoms with E-state index in [1.807, 2.05) is 30.3 Å². The lowest BCUT2D eigenvalue weighted by Gasteiger charge is -2.08. The fourth-order valence-electron chi connectivity index (χ4n) is 1.38. The fourth-order valence-corrected chi connectivity index (χ4v) is 2.13. The smallest absolute Gasteiger partial charge is 0.137 e. The van der Waals surface area contributed by atoms with Crippen LogP contribution in [0.4, 0.5) is 4.39 Å². The Hall–Kier alpha value is -0.870. The van der Waals surface area contributed by atoms with Crippen molar-refractivity contribution in [2.24, 2.45) is 0 Å². The van der Waals surface area contributed by atoms with Crippen molar-refractivity contribution in [1.82, 2.24) is 0 Å². The van der Waals surface area contributed by atoms with Gasteiger partial charge in [0, 0.05) is 10.0 Å². The molecule has 4 heteroatoms. The van der Waals surface area contributed by atoms with Gasteiger partial charge < -0.3 is 4.74 Å². The van der Waals surface area contributed by atoms with E-state index in [9.17, 15) is 4.39 Å². The summed E-state index contributed by atoms with van der Waals surface area (Å²) in [5.74, 6) is 0.468. The standard InChI is InChI=1S/C13H9Br2FO/c14-10-4-2-5-11(7-10)17-8-9-3-1-6-12(16)13(9)15/h1-7H,8H2. The van der Waals surface area contributed by atoms with Crippen LogP contribution >= 0.6 is 31.9 Å². The van der Waals surface area contributed by atoms with Crippen molar-refractivity contribution in [3.63, 3.8) is 0 Å². The van der Waals surface area contributed by atoms with Gasteiger partial charge in [0.25, 0.3) is 0 Å². The molecule has 0 saturated carbocycles. The number of halogens is 3. The van der Waals surface area contributed by atoms with Crippen LogP contribution in [0.15, 0.2) is 51.4 Å². The minimum absolute atomic E-state index is 0.277. The Kier molecular flexibility index (Phi) is 4.18. The molecular formula is C13H9Br2FO. The summed E-state index contributed by atoms with van der Waals surface area (Å²) < 4.78 is 20.2. The lowest BCUT2D eigenvalue weighted by molar-refractivity contribution is 0.304. The molecule has 0 bridgehead atoms. The van der Waals surface area contributed by atoms with Crippen LogP contribution in [0.1, 0.15) is 5.56 Å². The van der Waals surface area contributed by atoms with Gasteiger partial charge in [-0.15, -0.1) is 0 Å². The molecule has 0 aliphatic heterocycles. The van der Waals surface area contributed by atoms with Crippen LogP contribution in [-0.4, -0.2) is 0 Å². The van der Waals surface area contributed by atoms with Gasteiger partial charge in [-0.05, 0) is 40.2 Å². The first-order valence-corrected chi connectivity index (χ1v) is 6.56. The Morgan fingerprint density at radius 1 is 1.06 bits per heavy atom. The largest absolute Gasteiger partial charge is 0.489 e. The van der Waals surface area contributed by atoms with Crippen LogP contribution in [0.25, 0.3) is 0 Å². The van der Waals surface area contributed by atoms with Crippen LogP contribution in [0.3, 0.4) is 0 Å². The minimum Gasteiger partial charge on any atom is -0.489 e. The minimum atomic E-state index is -0.277. The predicted molar refractivity (Wildman–Crippen MR) is 72.6 cm³/mol. The number of rotatable bonds is 3. The molecule has 0 fully saturated rings. The quantitative estimate of drug-likeness (QED) is 0.754. The molecule has 0 aliphatic rings. The first-order chi connectivity index (χ1) is 8.16. The number of benzene rings is 2. The zero-order valence-electron chi connectivity index (χ0n) is 8.79. The van der Waals surface area contributed by atoms with Gasteiger partial charge >= 0.3 is 0 Å². The van der Waals surface area contributed by atoms with E-state index in [1.165, 1.54) is 6.07 Å². The predicted octanol–water partition coefficient (Wildman–Crippen LogP) is 4.93. The number of ether oxygens (including phenoxy) is 1. The second kappa shape index (κ2) is 5.65. The fraction of sp³-hybridized carbons (Fsp3) is 0.0769. The molecule has 2 aromatic rings. The highest BCUT2D eigenvalue weighted by Crippen LogP contribution is 2.23. The topological polar surface area (TPSA) is 9.23 Å². The SMILES string of the molecule is Fc1cccc(COc2cccc(Br)c2)c1Br. The van der Waals surface area contributed by atoms with Gasteiger partial charge in [0.2, 0.25) is 0 Å². The molecule has 0 atom stereocenters. The van der Waals surface area contributed by atoms with Gasteiger partial charge in [-0.2, -0.15) is 0 Å². The maximum absolute atomic E-state index is 13.3. The van der Waals surface area contributed by atoms with E-state index in [-0.39, 0.29) is 5.82 Å². The molecule has 2 rings (SSSR count). The van der Waals surface area contributed by atoms with E-state index in [2.05, 4.69) is 31.9 Å². The molecular weight excluding hydrogens is 351 g/mol. The Balaban J connectivity index is 2.10. The highest BCUT2D eigenvalue weighted by atomic mass is 79.9. The molecule has 2 aromatic carbocycles. The average Bonchev–Trinajstić information content (AvgIpc) is 2.31. The first-order valence-electron chi connectivity index (χ1n) is 4.98. The molecule has 0 aromatic heterocycles. The molecule has 17 heavy (non-hydrogen) atoms. The van der Waals surface area contributed by atoms with Gasteiger partial charge in [0.1, 0.15) is 18.2 Å². The summed E-state index contributed by atoms with van der Waals surface area (Å²) in [5, 5.41) is 0. The molecule has 0 radical (unpaired) electrons. The third kappa shape index (κ3) is 3.30. The number of hydrogen-bond acceptors (Lipinski definition) is 1. The van der Waals surface area contributed by atoms with Crippen LogP contribution < -0.4 is 4.74 Å². The van der Waals surface area contributed by atoms with Crippen molar-refractivity contribution in [2.45, 2.75) is 6.61 Å². The maximum atomic E-state index is 13.3. The van der Waals surface area contributed by atoms with Crippen molar-refractivity contribution in [1.29, 1.82) is 0 Å². The van der Waals surface area contributed by atoms with Crippen molar-refractivity contribution >= 4 is 31.9 Å². The van der Waals surface area contributed by atoms with E-state index < -0.39 is 0 Å². The van der Waals surface area contributed by atoms with Crippen molar-refractivity contribution in [3.8, 4) is 5.75 Å². The molecule has 0 aliphatic carbocycles. The molecule has 0 heterocycles. The Labute approximate surface area is 116 Å². The lowest BCUT2D eigenvalue weighted by atomic mass is 10.2. The van der Waals surface area contributed by atoms with E-state index in [4.69, 9.17) is 4.74 Å². The summed E-state index contributed by atoms with van der Waals surface area (Å²) in [7, 11) is 0. The summed E-state index contributed by atoms with van der Waals surface area (Å²) in [6.45, 7) is 0.328. The lowest BCUT2D eigenvalue weighted by Crippen LogP contribution is -1.97. The van der Waals surface area contributed by atoms with Gasteiger partial charge in [0.05, 0.1) is 4.47 Å². The Morgan fingerprint density at radius 2 is 1.82 bits per heavy atom. The van der Waals surface area contributed by atoms with Crippen molar-refractivity contribution in [3.05, 3.63) is 62.8 Å². The summed E-state index contributed by atoms with van der Waals surface area (Å²) in [6.07, 6.45) is 0. The van der Waals surface area contributed by atoms with Crippen molar-refractivity contribution < 1.29 is 9.13 Å². The molecule has 88 valence electrons. The van der Waals surface area contributed by atoms with Crippen LogP contribution in [0.5, 0.6) is 5.75 Å². The van der Waals surface area contributed by atoms with E-state index >= 15 is 0 Å². The second-order valence-corrected chi connectivity index (χ2v) is 5.17. The average molecular weight is 360 g/mol. The maximum Gasteiger partial charge on any atom is 0.137 e. The molecule has 0 spiro atoms. The Bertz CT molecular complexity index is 529. The van der Waals surface area contributed by atoms with E-state index in [0.29, 0.717) is 11.1 Å². The summed E-state index contributed by atoms with van der Waals surface area (Å²) in [6, 6.07) is 12.4. The summed E-state index contributed by atoms with van der Waals surface area (Å²) in [5.41, 5.74) is 0.782. The normalized spacial score (nSPS) is 10.3. The molecule has 0 N–H and O–H groups in total. The summed E-state index contributed by atoms with van der Waals surface area (Å²) >= 11 is 6.57. The molecule has 0 saturated heterocycles. The molecule has 1 nitrogen and oxygen atoms in total.